The summed E-state index contributed by atoms with van der Waals surface area (Å²) in [7, 11) is 0. The van der Waals surface area contributed by atoms with E-state index in [0.29, 0.717) is 11.0 Å². The van der Waals surface area contributed by atoms with E-state index in [0.717, 1.165) is 11.1 Å². The summed E-state index contributed by atoms with van der Waals surface area (Å²) in [6.07, 6.45) is -4.68. The molecule has 27 heavy (non-hydrogen) atoms. The summed E-state index contributed by atoms with van der Waals surface area (Å²) in [4.78, 5) is 34.0. The number of aromatic amines is 1. The molecule has 0 aromatic heterocycles. The van der Waals surface area contributed by atoms with Gasteiger partial charge in [-0.3, -0.25) is 9.78 Å². The minimum Gasteiger partial charge on any atom is -0.394 e. The molecule has 144 valence electrons. The maximum absolute atomic E-state index is 12.2. The summed E-state index contributed by atoms with van der Waals surface area (Å²) in [5, 5.41) is 38.8. The molecule has 3 atom stereocenters. The van der Waals surface area contributed by atoms with Gasteiger partial charge in [0.25, 0.3) is 5.56 Å². The quantitative estimate of drug-likeness (QED) is 0.328. The van der Waals surface area contributed by atoms with Gasteiger partial charge in [-0.15, -0.1) is 0 Å². The monoisotopic (exact) mass is 376 g/mol. The van der Waals surface area contributed by atoms with Crippen LogP contribution in [0.1, 0.15) is 11.1 Å². The van der Waals surface area contributed by atoms with Gasteiger partial charge in [-0.1, -0.05) is 0 Å². The highest BCUT2D eigenvalue weighted by molar-refractivity contribution is 5.81. The Morgan fingerprint density at radius 3 is 2.41 bits per heavy atom. The molecular formula is C17H20N4O6. The van der Waals surface area contributed by atoms with Gasteiger partial charge >= 0.3 is 5.69 Å². The first-order valence-electron chi connectivity index (χ1n) is 8.29. The molecule has 3 rings (SSSR count). The second-order valence-corrected chi connectivity index (χ2v) is 6.50. The molecule has 0 fully saturated rings. The Bertz CT molecular complexity index is 1080. The van der Waals surface area contributed by atoms with Crippen LogP contribution in [-0.4, -0.2) is 64.9 Å². The predicted octanol–water partition coefficient (Wildman–Crippen LogP) is -1.72. The van der Waals surface area contributed by atoms with Crippen LogP contribution in [0.3, 0.4) is 0 Å². The lowest BCUT2D eigenvalue weighted by Crippen LogP contribution is -2.42. The van der Waals surface area contributed by atoms with Gasteiger partial charge in [0.2, 0.25) is 0 Å². The van der Waals surface area contributed by atoms with Crippen LogP contribution in [-0.2, 0) is 6.54 Å². The first-order chi connectivity index (χ1) is 12.7. The van der Waals surface area contributed by atoms with E-state index in [-0.39, 0.29) is 18.1 Å². The second-order valence-electron chi connectivity index (χ2n) is 6.50. The highest BCUT2D eigenvalue weighted by Crippen LogP contribution is 2.24. The molecule has 1 unspecified atom stereocenters. The van der Waals surface area contributed by atoms with Crippen molar-refractivity contribution in [2.24, 2.45) is 0 Å². The number of aromatic nitrogens is 4. The molecule has 0 bridgehead atoms. The third-order valence-corrected chi connectivity index (χ3v) is 4.57. The molecule has 5 N–H and O–H groups in total. The predicted molar refractivity (Wildman–Crippen MR) is 95.6 cm³/mol. The van der Waals surface area contributed by atoms with E-state index in [9.17, 15) is 24.9 Å². The fourth-order valence-corrected chi connectivity index (χ4v) is 2.89. The molecule has 10 heteroatoms. The van der Waals surface area contributed by atoms with Crippen molar-refractivity contribution in [1.29, 1.82) is 0 Å². The lowest BCUT2D eigenvalue weighted by atomic mass is 10.1. The van der Waals surface area contributed by atoms with Crippen molar-refractivity contribution in [3.8, 4) is 11.5 Å². The molecule has 0 saturated heterocycles. The van der Waals surface area contributed by atoms with Crippen molar-refractivity contribution in [3.05, 3.63) is 44.1 Å². The number of hydrogen-bond donors (Lipinski definition) is 5. The average molecular weight is 376 g/mol. The number of hydrogen-bond acceptors (Lipinski definition) is 8. The van der Waals surface area contributed by atoms with Crippen molar-refractivity contribution in [1.82, 2.24) is 19.5 Å². The van der Waals surface area contributed by atoms with Gasteiger partial charge < -0.3 is 25.0 Å². The van der Waals surface area contributed by atoms with Gasteiger partial charge in [-0.05, 0) is 37.1 Å². The van der Waals surface area contributed by atoms with E-state index in [2.05, 4.69) is 15.0 Å². The zero-order valence-electron chi connectivity index (χ0n) is 14.7. The van der Waals surface area contributed by atoms with Crippen molar-refractivity contribution < 1.29 is 20.4 Å². The fourth-order valence-electron chi connectivity index (χ4n) is 2.89. The Hall–Kier alpha value is -2.66. The highest BCUT2D eigenvalue weighted by atomic mass is 16.4. The maximum atomic E-state index is 12.2. The minimum absolute atomic E-state index is 0.0516. The van der Waals surface area contributed by atoms with Crippen LogP contribution in [0.25, 0.3) is 22.6 Å². The third-order valence-electron chi connectivity index (χ3n) is 4.57. The molecule has 1 aromatic rings. The standard InChI is InChI=1S/C17H20N4O6/c1-7-3-9-10(4-8(7)2)21(5-11(23)14(25)12(24)6-22)15-13(18-9)16(26)20-17(27)19-15/h3-4,11-12,14,22-25H,5-6H2,1-2H3,(H,20,26,27)/t11-,12+,14?/m0/s1. The van der Waals surface area contributed by atoms with Gasteiger partial charge in [0.1, 0.15) is 18.3 Å². The molecule has 0 radical (unpaired) electrons. The number of benzene rings is 1. The average Bonchev–Trinajstić information content (AvgIpc) is 2.62. The minimum atomic E-state index is -1.64. The fraction of sp³-hybridized carbons (Fsp3) is 0.412. The summed E-state index contributed by atoms with van der Waals surface area (Å²) in [6, 6.07) is 3.53. The number of nitrogens with one attached hydrogen (secondary N) is 1. The van der Waals surface area contributed by atoms with Crippen molar-refractivity contribution >= 4 is 11.0 Å². The number of nitrogens with zero attached hydrogens (tertiary/aromatic N) is 3. The Morgan fingerprint density at radius 2 is 1.74 bits per heavy atom. The summed E-state index contributed by atoms with van der Waals surface area (Å²) in [5.74, 6) is -0.0516. The number of fused-ring (bicyclic) bond motifs is 2. The molecule has 2 heterocycles. The molecule has 0 aliphatic carbocycles. The van der Waals surface area contributed by atoms with Crippen LogP contribution in [0.5, 0.6) is 0 Å². The SMILES string of the molecule is Cc1cc2nc3c(=O)[nH]c(=O)nc-3n(C[C@H](O)C(O)[C@H](O)CO)c2cc1C. The summed E-state index contributed by atoms with van der Waals surface area (Å²) in [5.41, 5.74) is 1.11. The molecule has 2 aliphatic heterocycles. The van der Waals surface area contributed by atoms with Gasteiger partial charge in [-0.2, -0.15) is 4.98 Å². The Balaban J connectivity index is 2.28. The van der Waals surface area contributed by atoms with E-state index >= 15 is 0 Å². The molecule has 1 aromatic carbocycles. The highest BCUT2D eigenvalue weighted by Gasteiger charge is 2.27. The number of H-pyrrole nitrogens is 1. The Labute approximate surface area is 152 Å². The third kappa shape index (κ3) is 3.47. The van der Waals surface area contributed by atoms with Crippen LogP contribution in [0.4, 0.5) is 0 Å². The van der Waals surface area contributed by atoms with Crippen molar-refractivity contribution in [2.75, 3.05) is 6.61 Å². The van der Waals surface area contributed by atoms with Crippen LogP contribution in [0, 0.1) is 13.8 Å². The van der Waals surface area contributed by atoms with E-state index in [1.54, 1.807) is 12.1 Å². The molecule has 2 aliphatic rings. The number of aryl methyl sites for hydroxylation is 2. The molecular weight excluding hydrogens is 356 g/mol. The van der Waals surface area contributed by atoms with Crippen molar-refractivity contribution in [3.63, 3.8) is 0 Å². The molecule has 0 amide bonds. The number of aliphatic hydroxyl groups excluding tert-OH is 4. The van der Waals surface area contributed by atoms with Crippen LogP contribution < -0.4 is 11.2 Å². The normalized spacial score (nSPS) is 15.2. The zero-order chi connectivity index (χ0) is 19.9. The lowest BCUT2D eigenvalue weighted by Gasteiger charge is -2.25. The second kappa shape index (κ2) is 7.16. The first kappa shape index (κ1) is 19.1. The van der Waals surface area contributed by atoms with Crippen LogP contribution in [0.2, 0.25) is 0 Å². The Kier molecular flexibility index (Phi) is 5.07. The number of rotatable bonds is 5. The molecule has 10 nitrogen and oxygen atoms in total. The first-order valence-corrected chi connectivity index (χ1v) is 8.29. The van der Waals surface area contributed by atoms with E-state index in [4.69, 9.17) is 5.11 Å². The largest absolute Gasteiger partial charge is 0.394 e. The van der Waals surface area contributed by atoms with Gasteiger partial charge in [0, 0.05) is 0 Å². The zero-order valence-corrected chi connectivity index (χ0v) is 14.7. The molecule has 0 saturated carbocycles. The Morgan fingerprint density at radius 1 is 1.07 bits per heavy atom. The van der Waals surface area contributed by atoms with E-state index < -0.39 is 36.2 Å². The summed E-state index contributed by atoms with van der Waals surface area (Å²) < 4.78 is 1.40. The van der Waals surface area contributed by atoms with E-state index in [1.165, 1.54) is 4.57 Å². The van der Waals surface area contributed by atoms with Gasteiger partial charge in [0.15, 0.2) is 11.5 Å². The van der Waals surface area contributed by atoms with Gasteiger partial charge in [-0.25, -0.2) is 9.78 Å². The topological polar surface area (TPSA) is 162 Å². The van der Waals surface area contributed by atoms with E-state index in [1.807, 2.05) is 13.8 Å². The van der Waals surface area contributed by atoms with Gasteiger partial charge in [0.05, 0.1) is 24.2 Å². The van der Waals surface area contributed by atoms with Crippen LogP contribution >= 0.6 is 0 Å². The molecule has 0 spiro atoms. The maximum Gasteiger partial charge on any atom is 0.349 e. The summed E-state index contributed by atoms with van der Waals surface area (Å²) in [6.45, 7) is 2.73. The smallest absolute Gasteiger partial charge is 0.349 e. The number of aliphatic hydroxyl groups is 4. The lowest BCUT2D eigenvalue weighted by molar-refractivity contribution is -0.0802. The van der Waals surface area contributed by atoms with Crippen molar-refractivity contribution in [2.45, 2.75) is 38.7 Å². The van der Waals surface area contributed by atoms with Crippen LogP contribution in [0.15, 0.2) is 21.7 Å². The summed E-state index contributed by atoms with van der Waals surface area (Å²) >= 11 is 0.